The molecule has 0 saturated carbocycles. The van der Waals surface area contributed by atoms with Gasteiger partial charge in [-0.15, -0.1) is 0 Å². The summed E-state index contributed by atoms with van der Waals surface area (Å²) in [4.78, 5) is 2.27. The van der Waals surface area contributed by atoms with E-state index in [0.717, 1.165) is 32.4 Å². The molecule has 3 heteroatoms. The van der Waals surface area contributed by atoms with Gasteiger partial charge in [-0.05, 0) is 44.8 Å². The molecule has 0 aromatic heterocycles. The highest BCUT2D eigenvalue weighted by atomic mass is 16.3. The number of aliphatic hydroxyl groups excluding tert-OH is 2. The van der Waals surface area contributed by atoms with Gasteiger partial charge < -0.3 is 15.1 Å². The molecule has 1 fully saturated rings. The van der Waals surface area contributed by atoms with E-state index in [9.17, 15) is 5.11 Å². The molecule has 72 valence electrons. The Labute approximate surface area is 74.0 Å². The lowest BCUT2D eigenvalue weighted by Gasteiger charge is -2.39. The molecule has 0 unspecified atom stereocenters. The second kappa shape index (κ2) is 4.21. The van der Waals surface area contributed by atoms with Crippen molar-refractivity contribution in [3.05, 3.63) is 0 Å². The molecule has 0 bridgehead atoms. The summed E-state index contributed by atoms with van der Waals surface area (Å²) >= 11 is 0. The monoisotopic (exact) mass is 173 g/mol. The van der Waals surface area contributed by atoms with Crippen molar-refractivity contribution in [1.82, 2.24) is 4.90 Å². The van der Waals surface area contributed by atoms with Crippen LogP contribution >= 0.6 is 0 Å². The fourth-order valence-corrected chi connectivity index (χ4v) is 1.82. The number of nitrogens with zero attached hydrogens (tertiary/aromatic N) is 1. The summed E-state index contributed by atoms with van der Waals surface area (Å²) in [6.45, 7) is 2.51. The standard InChI is InChI=1S/C9H19NO2/c1-10-5-2-9(8-12,3-6-10)4-7-11/h11-12H,2-8H2,1H3. The van der Waals surface area contributed by atoms with E-state index < -0.39 is 0 Å². The second-order valence-corrected chi connectivity index (χ2v) is 3.93. The molecule has 0 aliphatic carbocycles. The minimum absolute atomic E-state index is 0.0151. The molecule has 0 atom stereocenters. The molecule has 0 spiro atoms. The summed E-state index contributed by atoms with van der Waals surface area (Å²) < 4.78 is 0. The number of hydrogen-bond acceptors (Lipinski definition) is 3. The first kappa shape index (κ1) is 9.96. The lowest BCUT2D eigenvalue weighted by atomic mass is 9.77. The van der Waals surface area contributed by atoms with E-state index >= 15 is 0 Å². The number of likely N-dealkylation sites (tertiary alicyclic amines) is 1. The molecule has 0 aromatic rings. The lowest BCUT2D eigenvalue weighted by Crippen LogP contribution is -2.40. The van der Waals surface area contributed by atoms with Crippen molar-refractivity contribution in [2.75, 3.05) is 33.4 Å². The van der Waals surface area contributed by atoms with E-state index in [1.807, 2.05) is 0 Å². The van der Waals surface area contributed by atoms with Gasteiger partial charge in [-0.2, -0.15) is 0 Å². The van der Waals surface area contributed by atoms with Gasteiger partial charge in [0.25, 0.3) is 0 Å². The van der Waals surface area contributed by atoms with Crippen LogP contribution in [0.15, 0.2) is 0 Å². The zero-order valence-electron chi connectivity index (χ0n) is 7.79. The molecule has 0 radical (unpaired) electrons. The Hall–Kier alpha value is -0.120. The molecule has 0 aromatic carbocycles. The van der Waals surface area contributed by atoms with E-state index in [1.165, 1.54) is 0 Å². The fourth-order valence-electron chi connectivity index (χ4n) is 1.82. The molecular formula is C9H19NO2. The van der Waals surface area contributed by atoms with Crippen LogP contribution in [0, 0.1) is 5.41 Å². The highest BCUT2D eigenvalue weighted by Crippen LogP contribution is 2.33. The van der Waals surface area contributed by atoms with Gasteiger partial charge >= 0.3 is 0 Å². The predicted molar refractivity (Wildman–Crippen MR) is 48.0 cm³/mol. The van der Waals surface area contributed by atoms with E-state index in [-0.39, 0.29) is 18.6 Å². The van der Waals surface area contributed by atoms with Crippen molar-refractivity contribution >= 4 is 0 Å². The van der Waals surface area contributed by atoms with Crippen molar-refractivity contribution < 1.29 is 10.2 Å². The highest BCUT2D eigenvalue weighted by Gasteiger charge is 2.32. The van der Waals surface area contributed by atoms with Gasteiger partial charge in [0.2, 0.25) is 0 Å². The van der Waals surface area contributed by atoms with Crippen molar-refractivity contribution in [2.45, 2.75) is 19.3 Å². The maximum atomic E-state index is 9.23. The first-order chi connectivity index (χ1) is 5.72. The Kier molecular flexibility index (Phi) is 3.50. The largest absolute Gasteiger partial charge is 0.396 e. The third kappa shape index (κ3) is 2.19. The van der Waals surface area contributed by atoms with Crippen LogP contribution in [0.4, 0.5) is 0 Å². The van der Waals surface area contributed by atoms with Crippen LogP contribution in [0.5, 0.6) is 0 Å². The molecule has 12 heavy (non-hydrogen) atoms. The summed E-state index contributed by atoms with van der Waals surface area (Å²) in [5, 5.41) is 18.1. The van der Waals surface area contributed by atoms with Crippen molar-refractivity contribution in [1.29, 1.82) is 0 Å². The zero-order valence-corrected chi connectivity index (χ0v) is 7.79. The van der Waals surface area contributed by atoms with Gasteiger partial charge in [0.1, 0.15) is 0 Å². The van der Waals surface area contributed by atoms with Crippen LogP contribution in [0.2, 0.25) is 0 Å². The third-order valence-electron chi connectivity index (χ3n) is 3.03. The molecule has 1 rings (SSSR count). The van der Waals surface area contributed by atoms with Gasteiger partial charge in [-0.25, -0.2) is 0 Å². The summed E-state index contributed by atoms with van der Waals surface area (Å²) in [7, 11) is 2.10. The first-order valence-electron chi connectivity index (χ1n) is 4.63. The Balaban J connectivity index is 2.45. The fraction of sp³-hybridized carbons (Fsp3) is 1.00. The predicted octanol–water partition coefficient (Wildman–Crippen LogP) is 0.0731. The second-order valence-electron chi connectivity index (χ2n) is 3.93. The average molecular weight is 173 g/mol. The SMILES string of the molecule is CN1CCC(CO)(CCO)CC1. The molecule has 1 aliphatic heterocycles. The van der Waals surface area contributed by atoms with Crippen molar-refractivity contribution in [2.24, 2.45) is 5.41 Å². The summed E-state index contributed by atoms with van der Waals surface area (Å²) in [5.74, 6) is 0. The molecule has 1 saturated heterocycles. The van der Waals surface area contributed by atoms with Crippen LogP contribution in [-0.2, 0) is 0 Å². The van der Waals surface area contributed by atoms with Gasteiger partial charge in [-0.3, -0.25) is 0 Å². The summed E-state index contributed by atoms with van der Waals surface area (Å²) in [5.41, 5.74) is 0.0151. The van der Waals surface area contributed by atoms with Crippen molar-refractivity contribution in [3.8, 4) is 0 Å². The van der Waals surface area contributed by atoms with Gasteiger partial charge in [0.05, 0.1) is 0 Å². The van der Waals surface area contributed by atoms with Gasteiger partial charge in [0, 0.05) is 13.2 Å². The van der Waals surface area contributed by atoms with Crippen LogP contribution in [0.3, 0.4) is 0 Å². The normalized spacial score (nSPS) is 24.2. The quantitative estimate of drug-likeness (QED) is 0.635. The van der Waals surface area contributed by atoms with Crippen LogP contribution < -0.4 is 0 Å². The molecule has 3 nitrogen and oxygen atoms in total. The Morgan fingerprint density at radius 1 is 1.25 bits per heavy atom. The maximum absolute atomic E-state index is 9.23. The van der Waals surface area contributed by atoms with Gasteiger partial charge in [-0.1, -0.05) is 0 Å². The lowest BCUT2D eigenvalue weighted by molar-refractivity contribution is 0.0313. The first-order valence-corrected chi connectivity index (χ1v) is 4.63. The molecule has 1 heterocycles. The van der Waals surface area contributed by atoms with Crippen LogP contribution in [-0.4, -0.2) is 48.5 Å². The minimum atomic E-state index is 0.0151. The number of hydrogen-bond donors (Lipinski definition) is 2. The van der Waals surface area contributed by atoms with E-state index in [4.69, 9.17) is 5.11 Å². The number of piperidine rings is 1. The zero-order chi connectivity index (χ0) is 9.03. The molecule has 0 amide bonds. The molecular weight excluding hydrogens is 154 g/mol. The smallest absolute Gasteiger partial charge is 0.0489 e. The van der Waals surface area contributed by atoms with Crippen LogP contribution in [0.1, 0.15) is 19.3 Å². The Bertz CT molecular complexity index is 130. The summed E-state index contributed by atoms with van der Waals surface area (Å²) in [6.07, 6.45) is 2.78. The summed E-state index contributed by atoms with van der Waals surface area (Å²) in [6, 6.07) is 0. The van der Waals surface area contributed by atoms with Crippen LogP contribution in [0.25, 0.3) is 0 Å². The minimum Gasteiger partial charge on any atom is -0.396 e. The van der Waals surface area contributed by atoms with Gasteiger partial charge in [0.15, 0.2) is 0 Å². The van der Waals surface area contributed by atoms with E-state index in [0.29, 0.717) is 0 Å². The number of rotatable bonds is 3. The molecule has 2 N–H and O–H groups in total. The average Bonchev–Trinajstić information content (AvgIpc) is 2.10. The molecule has 1 aliphatic rings. The van der Waals surface area contributed by atoms with Crippen molar-refractivity contribution in [3.63, 3.8) is 0 Å². The highest BCUT2D eigenvalue weighted by molar-refractivity contribution is 4.84. The number of aliphatic hydroxyl groups is 2. The Morgan fingerprint density at radius 2 is 1.83 bits per heavy atom. The Morgan fingerprint density at radius 3 is 2.25 bits per heavy atom. The van der Waals surface area contributed by atoms with E-state index in [1.54, 1.807) is 0 Å². The van der Waals surface area contributed by atoms with E-state index in [2.05, 4.69) is 11.9 Å². The maximum Gasteiger partial charge on any atom is 0.0489 e. The topological polar surface area (TPSA) is 43.7 Å². The third-order valence-corrected chi connectivity index (χ3v) is 3.03.